The second-order valence-electron chi connectivity index (χ2n) is 6.92. The van der Waals surface area contributed by atoms with Crippen LogP contribution in [0.25, 0.3) is 0 Å². The van der Waals surface area contributed by atoms with Gasteiger partial charge < -0.3 is 14.2 Å². The molecule has 0 aliphatic carbocycles. The number of carbonyl (C=O) groups excluding carboxylic acids is 2. The molecule has 27 heavy (non-hydrogen) atoms. The topological polar surface area (TPSA) is 61.8 Å². The molecule has 0 radical (unpaired) electrons. The summed E-state index contributed by atoms with van der Waals surface area (Å²) in [7, 11) is 0. The van der Waals surface area contributed by atoms with Crippen LogP contribution < -0.4 is 4.74 Å². The number of hydrogen-bond acceptors (Lipinski definition) is 5. The number of rotatable bonds is 5. The number of halogens is 5. The van der Waals surface area contributed by atoms with Gasteiger partial charge in [0.1, 0.15) is 0 Å². The molecule has 0 saturated carbocycles. The molecule has 10 heteroatoms. The maximum atomic E-state index is 13.7. The van der Waals surface area contributed by atoms with E-state index in [1.807, 2.05) is 0 Å². The molecule has 0 aromatic heterocycles. The number of esters is 2. The summed E-state index contributed by atoms with van der Waals surface area (Å²) < 4.78 is 81.9. The fraction of sp³-hybridized carbons (Fsp3) is 0.529. The molecule has 1 heterocycles. The van der Waals surface area contributed by atoms with E-state index in [-0.39, 0.29) is 12.3 Å². The van der Waals surface area contributed by atoms with Gasteiger partial charge in [-0.1, -0.05) is 13.8 Å². The van der Waals surface area contributed by atoms with E-state index in [4.69, 9.17) is 9.47 Å². The zero-order valence-corrected chi connectivity index (χ0v) is 14.9. The Morgan fingerprint density at radius 3 is 1.93 bits per heavy atom. The standard InChI is InChI=1S/C17H17F5O5/c1-6(2)5-7(13-16(24)27-17(3,4)26-13)15(23)25-14-11(21)9(19)8(18)10(20)12(14)22/h6-7,13H,5H2,1-4H3. The summed E-state index contributed by atoms with van der Waals surface area (Å²) in [5, 5.41) is 0. The Morgan fingerprint density at radius 2 is 1.52 bits per heavy atom. The molecule has 0 N–H and O–H groups in total. The van der Waals surface area contributed by atoms with Crippen molar-refractivity contribution in [1.82, 2.24) is 0 Å². The van der Waals surface area contributed by atoms with Gasteiger partial charge in [-0.2, -0.15) is 8.78 Å². The lowest BCUT2D eigenvalue weighted by atomic mass is 9.92. The van der Waals surface area contributed by atoms with Gasteiger partial charge in [-0.25, -0.2) is 18.0 Å². The average molecular weight is 396 g/mol. The highest BCUT2D eigenvalue weighted by atomic mass is 19.2. The van der Waals surface area contributed by atoms with Crippen molar-refractivity contribution < 1.29 is 45.8 Å². The first-order chi connectivity index (χ1) is 12.4. The molecule has 1 fully saturated rings. The largest absolute Gasteiger partial charge is 0.432 e. The van der Waals surface area contributed by atoms with Crippen molar-refractivity contribution in [2.24, 2.45) is 11.8 Å². The molecule has 150 valence electrons. The lowest BCUT2D eigenvalue weighted by molar-refractivity contribution is -0.163. The predicted octanol–water partition coefficient (Wildman–Crippen LogP) is 3.63. The lowest BCUT2D eigenvalue weighted by Gasteiger charge is -2.22. The van der Waals surface area contributed by atoms with Crippen LogP contribution in [0.4, 0.5) is 22.0 Å². The summed E-state index contributed by atoms with van der Waals surface area (Å²) >= 11 is 0. The minimum Gasteiger partial charge on any atom is -0.432 e. The van der Waals surface area contributed by atoms with E-state index in [1.165, 1.54) is 13.8 Å². The van der Waals surface area contributed by atoms with Crippen LogP contribution in [0.3, 0.4) is 0 Å². The number of ether oxygens (including phenoxy) is 3. The van der Waals surface area contributed by atoms with E-state index in [9.17, 15) is 31.5 Å². The quantitative estimate of drug-likeness (QED) is 0.250. The van der Waals surface area contributed by atoms with Crippen LogP contribution in [0.2, 0.25) is 0 Å². The van der Waals surface area contributed by atoms with E-state index < -0.39 is 64.6 Å². The molecule has 0 spiro atoms. The van der Waals surface area contributed by atoms with Crippen LogP contribution in [0, 0.1) is 40.9 Å². The number of cyclic esters (lactones) is 1. The van der Waals surface area contributed by atoms with Crippen molar-refractivity contribution in [3.05, 3.63) is 29.1 Å². The fourth-order valence-corrected chi connectivity index (χ4v) is 2.63. The number of carbonyl (C=O) groups is 2. The molecule has 1 saturated heterocycles. The average Bonchev–Trinajstić information content (AvgIpc) is 2.85. The SMILES string of the molecule is CC(C)CC(C(=O)Oc1c(F)c(F)c(F)c(F)c1F)C1OC(C)(C)OC1=O. The third-order valence-corrected chi connectivity index (χ3v) is 3.76. The highest BCUT2D eigenvalue weighted by Gasteiger charge is 2.48. The van der Waals surface area contributed by atoms with Gasteiger partial charge in [0.2, 0.25) is 40.6 Å². The first-order valence-electron chi connectivity index (χ1n) is 7.99. The minimum atomic E-state index is -2.38. The van der Waals surface area contributed by atoms with Crippen LogP contribution in [0.15, 0.2) is 0 Å². The third-order valence-electron chi connectivity index (χ3n) is 3.76. The molecular weight excluding hydrogens is 379 g/mol. The van der Waals surface area contributed by atoms with Crippen molar-refractivity contribution in [3.63, 3.8) is 0 Å². The second-order valence-corrected chi connectivity index (χ2v) is 6.92. The van der Waals surface area contributed by atoms with Crippen LogP contribution in [0.1, 0.15) is 34.1 Å². The van der Waals surface area contributed by atoms with Crippen LogP contribution in [-0.2, 0) is 19.1 Å². The summed E-state index contributed by atoms with van der Waals surface area (Å²) in [6.45, 7) is 6.19. The van der Waals surface area contributed by atoms with Gasteiger partial charge in [0.05, 0.1) is 5.92 Å². The van der Waals surface area contributed by atoms with Gasteiger partial charge >= 0.3 is 11.9 Å². The Hall–Kier alpha value is -2.23. The van der Waals surface area contributed by atoms with Crippen LogP contribution >= 0.6 is 0 Å². The second kappa shape index (κ2) is 7.41. The maximum absolute atomic E-state index is 13.7. The highest BCUT2D eigenvalue weighted by molar-refractivity contribution is 5.86. The van der Waals surface area contributed by atoms with Crippen molar-refractivity contribution in [2.75, 3.05) is 0 Å². The molecule has 0 amide bonds. The van der Waals surface area contributed by atoms with Gasteiger partial charge in [0.15, 0.2) is 6.10 Å². The molecule has 2 atom stereocenters. The normalized spacial score (nSPS) is 19.9. The lowest BCUT2D eigenvalue weighted by Crippen LogP contribution is -2.37. The zero-order valence-electron chi connectivity index (χ0n) is 14.9. The summed E-state index contributed by atoms with van der Waals surface area (Å²) in [4.78, 5) is 24.4. The number of benzene rings is 1. The molecule has 0 bridgehead atoms. The van der Waals surface area contributed by atoms with Crippen molar-refractivity contribution in [2.45, 2.75) is 46.0 Å². The fourth-order valence-electron chi connectivity index (χ4n) is 2.63. The summed E-state index contributed by atoms with van der Waals surface area (Å²) in [6.07, 6.45) is -1.47. The van der Waals surface area contributed by atoms with Gasteiger partial charge in [-0.05, 0) is 12.3 Å². The van der Waals surface area contributed by atoms with Crippen molar-refractivity contribution in [3.8, 4) is 5.75 Å². The van der Waals surface area contributed by atoms with E-state index >= 15 is 0 Å². The molecular formula is C17H17F5O5. The Bertz CT molecular complexity index is 748. The first-order valence-corrected chi connectivity index (χ1v) is 7.99. The molecule has 1 aromatic rings. The maximum Gasteiger partial charge on any atom is 0.338 e. The highest BCUT2D eigenvalue weighted by Crippen LogP contribution is 2.34. The van der Waals surface area contributed by atoms with Crippen LogP contribution in [0.5, 0.6) is 5.75 Å². The van der Waals surface area contributed by atoms with E-state index in [1.54, 1.807) is 13.8 Å². The van der Waals surface area contributed by atoms with Gasteiger partial charge in [0.25, 0.3) is 0 Å². The number of hydrogen-bond donors (Lipinski definition) is 0. The van der Waals surface area contributed by atoms with Gasteiger partial charge in [-0.3, -0.25) is 4.79 Å². The van der Waals surface area contributed by atoms with E-state index in [2.05, 4.69) is 4.74 Å². The first kappa shape index (κ1) is 21.1. The summed E-state index contributed by atoms with van der Waals surface area (Å²) in [5.74, 6) is -18.4. The molecule has 1 aliphatic heterocycles. The Balaban J connectivity index is 2.37. The summed E-state index contributed by atoms with van der Waals surface area (Å²) in [6, 6.07) is 0. The molecule has 2 rings (SSSR count). The van der Waals surface area contributed by atoms with Crippen molar-refractivity contribution in [1.29, 1.82) is 0 Å². The Labute approximate surface area is 151 Å². The third kappa shape index (κ3) is 4.20. The summed E-state index contributed by atoms with van der Waals surface area (Å²) in [5.41, 5.74) is 0. The smallest absolute Gasteiger partial charge is 0.338 e. The van der Waals surface area contributed by atoms with E-state index in [0.29, 0.717) is 0 Å². The van der Waals surface area contributed by atoms with E-state index in [0.717, 1.165) is 0 Å². The van der Waals surface area contributed by atoms with Gasteiger partial charge in [0, 0.05) is 13.8 Å². The Kier molecular flexibility index (Phi) is 5.79. The predicted molar refractivity (Wildman–Crippen MR) is 79.9 cm³/mol. The molecule has 1 aliphatic rings. The minimum absolute atomic E-state index is 0.0237. The monoisotopic (exact) mass is 396 g/mol. The molecule has 2 unspecified atom stereocenters. The van der Waals surface area contributed by atoms with Crippen LogP contribution in [-0.4, -0.2) is 23.8 Å². The Morgan fingerprint density at radius 1 is 1.04 bits per heavy atom. The molecule has 5 nitrogen and oxygen atoms in total. The van der Waals surface area contributed by atoms with Crippen molar-refractivity contribution >= 4 is 11.9 Å². The zero-order chi connectivity index (χ0) is 20.7. The molecule has 1 aromatic carbocycles. The van der Waals surface area contributed by atoms with Gasteiger partial charge in [-0.15, -0.1) is 0 Å².